The molecule has 1 heterocycles. The van der Waals surface area contributed by atoms with Crippen molar-refractivity contribution in [3.8, 4) is 11.5 Å². The van der Waals surface area contributed by atoms with Crippen molar-refractivity contribution < 1.29 is 8.81 Å². The minimum absolute atomic E-state index is 0.252. The number of hydrogen-bond acceptors (Lipinski definition) is 3. The maximum absolute atomic E-state index is 13.2. The van der Waals surface area contributed by atoms with Crippen LogP contribution in [-0.4, -0.2) is 18.0 Å². The molecule has 0 fully saturated rings. The van der Waals surface area contributed by atoms with Gasteiger partial charge in [-0.15, -0.1) is 0 Å². The van der Waals surface area contributed by atoms with Crippen LogP contribution in [0.1, 0.15) is 11.3 Å². The largest absolute Gasteiger partial charge is 0.444 e. The predicted octanol–water partition coefficient (Wildman–Crippen LogP) is 3.35. The molecule has 0 unspecified atom stereocenters. The minimum Gasteiger partial charge on any atom is -0.444 e. The average molecular weight is 338 g/mol. The lowest BCUT2D eigenvalue weighted by atomic mass is 10.2. The molecule has 2 aromatic carbocycles. The molecule has 0 atom stereocenters. The standard InChI is InChI=1S/C19H19FN4O/c1-21-19(22-11-14-6-5-9-16(20)10-14)23-12-17-13-25-18(24-17)15-7-3-2-4-8-15/h2-10,13H,11-12H2,1H3,(H2,21,22,23). The lowest BCUT2D eigenvalue weighted by molar-refractivity contribution is 0.572. The van der Waals surface area contributed by atoms with Crippen LogP contribution in [-0.2, 0) is 13.1 Å². The fourth-order valence-electron chi connectivity index (χ4n) is 2.33. The molecular weight excluding hydrogens is 319 g/mol. The number of aromatic nitrogens is 1. The fraction of sp³-hybridized carbons (Fsp3) is 0.158. The summed E-state index contributed by atoms with van der Waals surface area (Å²) in [6, 6.07) is 16.2. The zero-order valence-electron chi connectivity index (χ0n) is 13.9. The highest BCUT2D eigenvalue weighted by molar-refractivity contribution is 5.79. The van der Waals surface area contributed by atoms with E-state index in [0.717, 1.165) is 16.8 Å². The number of guanidine groups is 1. The summed E-state index contributed by atoms with van der Waals surface area (Å²) in [5.74, 6) is 0.937. The Kier molecular flexibility index (Phi) is 5.41. The Morgan fingerprint density at radius 1 is 1.08 bits per heavy atom. The molecular formula is C19H19FN4O. The van der Waals surface area contributed by atoms with Gasteiger partial charge in [-0.05, 0) is 29.8 Å². The summed E-state index contributed by atoms with van der Waals surface area (Å²) in [7, 11) is 1.68. The van der Waals surface area contributed by atoms with Gasteiger partial charge in [0.15, 0.2) is 5.96 Å². The van der Waals surface area contributed by atoms with Crippen LogP contribution >= 0.6 is 0 Å². The van der Waals surface area contributed by atoms with E-state index in [0.29, 0.717) is 24.9 Å². The zero-order valence-corrected chi connectivity index (χ0v) is 13.9. The van der Waals surface area contributed by atoms with Crippen molar-refractivity contribution in [1.82, 2.24) is 15.6 Å². The third kappa shape index (κ3) is 4.67. The first kappa shape index (κ1) is 16.7. The third-order valence-corrected chi connectivity index (χ3v) is 3.58. The molecule has 0 amide bonds. The Labute approximate surface area is 145 Å². The number of rotatable bonds is 5. The fourth-order valence-corrected chi connectivity index (χ4v) is 2.33. The van der Waals surface area contributed by atoms with Crippen LogP contribution in [0.15, 0.2) is 70.3 Å². The van der Waals surface area contributed by atoms with Crippen molar-refractivity contribution in [2.45, 2.75) is 13.1 Å². The van der Waals surface area contributed by atoms with E-state index in [1.54, 1.807) is 19.4 Å². The Bertz CT molecular complexity index is 845. The lowest BCUT2D eigenvalue weighted by Crippen LogP contribution is -2.36. The van der Waals surface area contributed by atoms with Gasteiger partial charge in [0.05, 0.1) is 12.2 Å². The van der Waals surface area contributed by atoms with E-state index in [2.05, 4.69) is 20.6 Å². The number of halogens is 1. The first-order valence-corrected chi connectivity index (χ1v) is 7.93. The summed E-state index contributed by atoms with van der Waals surface area (Å²) in [5, 5.41) is 6.29. The van der Waals surface area contributed by atoms with Crippen LogP contribution < -0.4 is 10.6 Å². The van der Waals surface area contributed by atoms with Crippen LogP contribution in [0, 0.1) is 5.82 Å². The average Bonchev–Trinajstić information content (AvgIpc) is 3.12. The monoisotopic (exact) mass is 338 g/mol. The van der Waals surface area contributed by atoms with E-state index >= 15 is 0 Å². The van der Waals surface area contributed by atoms with Crippen molar-refractivity contribution >= 4 is 5.96 Å². The van der Waals surface area contributed by atoms with E-state index in [1.807, 2.05) is 36.4 Å². The highest BCUT2D eigenvalue weighted by Gasteiger charge is 2.07. The van der Waals surface area contributed by atoms with Gasteiger partial charge in [-0.1, -0.05) is 30.3 Å². The van der Waals surface area contributed by atoms with E-state index in [-0.39, 0.29) is 5.82 Å². The Morgan fingerprint density at radius 3 is 2.64 bits per heavy atom. The first-order valence-electron chi connectivity index (χ1n) is 7.93. The van der Waals surface area contributed by atoms with Gasteiger partial charge in [0, 0.05) is 19.2 Å². The molecule has 0 saturated carbocycles. The number of nitrogens with zero attached hydrogens (tertiary/aromatic N) is 2. The van der Waals surface area contributed by atoms with Gasteiger partial charge in [-0.25, -0.2) is 9.37 Å². The summed E-state index contributed by atoms with van der Waals surface area (Å²) >= 11 is 0. The highest BCUT2D eigenvalue weighted by atomic mass is 19.1. The lowest BCUT2D eigenvalue weighted by Gasteiger charge is -2.10. The summed E-state index contributed by atoms with van der Waals surface area (Å²) < 4.78 is 18.7. The van der Waals surface area contributed by atoms with Gasteiger partial charge >= 0.3 is 0 Å². The third-order valence-electron chi connectivity index (χ3n) is 3.58. The molecule has 0 aliphatic heterocycles. The second kappa shape index (κ2) is 8.10. The molecule has 0 aliphatic rings. The SMILES string of the molecule is CN=C(NCc1cccc(F)c1)NCc1coc(-c2ccccc2)n1. The van der Waals surface area contributed by atoms with Gasteiger partial charge in [-0.3, -0.25) is 4.99 Å². The quantitative estimate of drug-likeness (QED) is 0.553. The molecule has 128 valence electrons. The van der Waals surface area contributed by atoms with Crippen molar-refractivity contribution in [3.63, 3.8) is 0 Å². The van der Waals surface area contributed by atoms with E-state index < -0.39 is 0 Å². The smallest absolute Gasteiger partial charge is 0.226 e. The van der Waals surface area contributed by atoms with Crippen LogP contribution in [0.3, 0.4) is 0 Å². The van der Waals surface area contributed by atoms with Crippen LogP contribution in [0.25, 0.3) is 11.5 Å². The van der Waals surface area contributed by atoms with Crippen molar-refractivity contribution in [3.05, 3.63) is 77.9 Å². The van der Waals surface area contributed by atoms with Gasteiger partial charge in [0.25, 0.3) is 0 Å². The van der Waals surface area contributed by atoms with Crippen molar-refractivity contribution in [2.75, 3.05) is 7.05 Å². The molecule has 0 spiro atoms. The van der Waals surface area contributed by atoms with Crippen LogP contribution in [0.4, 0.5) is 4.39 Å². The molecule has 0 radical (unpaired) electrons. The predicted molar refractivity (Wildman–Crippen MR) is 95.4 cm³/mol. The topological polar surface area (TPSA) is 62.5 Å². The van der Waals surface area contributed by atoms with E-state index in [4.69, 9.17) is 4.42 Å². The van der Waals surface area contributed by atoms with Crippen molar-refractivity contribution in [1.29, 1.82) is 0 Å². The van der Waals surface area contributed by atoms with E-state index in [1.165, 1.54) is 12.1 Å². The number of nitrogens with one attached hydrogen (secondary N) is 2. The van der Waals surface area contributed by atoms with Crippen molar-refractivity contribution in [2.24, 2.45) is 4.99 Å². The summed E-state index contributed by atoms with van der Waals surface area (Å²) in [6.45, 7) is 0.949. The second-order valence-electron chi connectivity index (χ2n) is 5.42. The number of benzene rings is 2. The van der Waals surface area contributed by atoms with Gasteiger partial charge in [0.1, 0.15) is 12.1 Å². The maximum atomic E-state index is 13.2. The maximum Gasteiger partial charge on any atom is 0.226 e. The summed E-state index contributed by atoms with van der Waals surface area (Å²) in [6.07, 6.45) is 1.62. The first-order chi connectivity index (χ1) is 12.2. The number of hydrogen-bond donors (Lipinski definition) is 2. The molecule has 0 saturated heterocycles. The van der Waals surface area contributed by atoms with Gasteiger partial charge in [0.2, 0.25) is 5.89 Å². The highest BCUT2D eigenvalue weighted by Crippen LogP contribution is 2.17. The number of oxazole rings is 1. The summed E-state index contributed by atoms with van der Waals surface area (Å²) in [5.41, 5.74) is 2.55. The van der Waals surface area contributed by atoms with E-state index in [9.17, 15) is 4.39 Å². The Morgan fingerprint density at radius 2 is 1.88 bits per heavy atom. The molecule has 3 rings (SSSR count). The molecule has 3 aromatic rings. The van der Waals surface area contributed by atoms with Gasteiger partial charge < -0.3 is 15.1 Å². The zero-order chi connectivity index (χ0) is 17.5. The Hall–Kier alpha value is -3.15. The molecule has 0 bridgehead atoms. The van der Waals surface area contributed by atoms with Crippen LogP contribution in [0.2, 0.25) is 0 Å². The molecule has 6 heteroatoms. The normalized spacial score (nSPS) is 11.4. The molecule has 5 nitrogen and oxygen atoms in total. The number of aliphatic imine (C=N–C) groups is 1. The molecule has 25 heavy (non-hydrogen) atoms. The molecule has 1 aromatic heterocycles. The van der Waals surface area contributed by atoms with Gasteiger partial charge in [-0.2, -0.15) is 0 Å². The minimum atomic E-state index is -0.252. The second-order valence-corrected chi connectivity index (χ2v) is 5.42. The molecule has 0 aliphatic carbocycles. The summed E-state index contributed by atoms with van der Waals surface area (Å²) in [4.78, 5) is 8.60. The van der Waals surface area contributed by atoms with Crippen LogP contribution in [0.5, 0.6) is 0 Å². The molecule has 2 N–H and O–H groups in total. The Balaban J connectivity index is 1.54.